The molecule has 2 aromatic carbocycles. The van der Waals surface area contributed by atoms with E-state index in [0.717, 1.165) is 12.1 Å². The van der Waals surface area contributed by atoms with Crippen LogP contribution < -0.4 is 20.1 Å². The van der Waals surface area contributed by atoms with Crippen molar-refractivity contribution in [2.75, 3.05) is 24.9 Å². The number of amides is 1. The lowest BCUT2D eigenvalue weighted by Crippen LogP contribution is -2.13. The van der Waals surface area contributed by atoms with E-state index in [9.17, 15) is 18.0 Å². The zero-order valence-corrected chi connectivity index (χ0v) is 16.1. The second-order valence-corrected chi connectivity index (χ2v) is 6.62. The Hall–Kier alpha value is -3.27. The van der Waals surface area contributed by atoms with Gasteiger partial charge in [-0.05, 0) is 30.3 Å². The molecule has 1 amide bonds. The molecule has 6 nitrogen and oxygen atoms in total. The second-order valence-electron chi connectivity index (χ2n) is 5.76. The van der Waals surface area contributed by atoms with Crippen LogP contribution in [0.5, 0.6) is 11.5 Å². The number of alkyl halides is 3. The standard InChI is InChI=1S/C19H16F3N3O3S/c1-27-13-6-7-14(16(9-13)28-2)24-18-25-15(10-29-18)17(26)23-12-5-3-4-11(8-12)19(20,21)22/h3-10H,1-2H3,(H,23,26)(H,24,25). The van der Waals surface area contributed by atoms with Crippen LogP contribution >= 0.6 is 11.3 Å². The first-order valence-corrected chi connectivity index (χ1v) is 9.11. The molecule has 3 rings (SSSR count). The fourth-order valence-corrected chi connectivity index (χ4v) is 3.12. The number of benzene rings is 2. The summed E-state index contributed by atoms with van der Waals surface area (Å²) in [7, 11) is 3.05. The lowest BCUT2D eigenvalue weighted by Gasteiger charge is -2.10. The first-order chi connectivity index (χ1) is 13.8. The quantitative estimate of drug-likeness (QED) is 0.572. The van der Waals surface area contributed by atoms with E-state index in [1.165, 1.54) is 43.1 Å². The highest BCUT2D eigenvalue weighted by molar-refractivity contribution is 7.14. The largest absolute Gasteiger partial charge is 0.497 e. The van der Waals surface area contributed by atoms with Gasteiger partial charge in [-0.3, -0.25) is 4.79 Å². The Labute approximate surface area is 168 Å². The van der Waals surface area contributed by atoms with Crippen molar-refractivity contribution in [2.45, 2.75) is 6.18 Å². The Kier molecular flexibility index (Phi) is 5.92. The molecule has 0 saturated heterocycles. The minimum Gasteiger partial charge on any atom is -0.497 e. The molecule has 3 aromatic rings. The van der Waals surface area contributed by atoms with Crippen LogP contribution in [-0.2, 0) is 6.18 Å². The molecule has 152 valence electrons. The first-order valence-electron chi connectivity index (χ1n) is 8.23. The molecule has 0 aliphatic rings. The highest BCUT2D eigenvalue weighted by Crippen LogP contribution is 2.33. The highest BCUT2D eigenvalue weighted by atomic mass is 32.1. The summed E-state index contributed by atoms with van der Waals surface area (Å²) in [5, 5.41) is 7.38. The van der Waals surface area contributed by atoms with Crippen molar-refractivity contribution >= 4 is 33.8 Å². The van der Waals surface area contributed by atoms with Gasteiger partial charge in [-0.15, -0.1) is 11.3 Å². The van der Waals surface area contributed by atoms with E-state index < -0.39 is 17.6 Å². The summed E-state index contributed by atoms with van der Waals surface area (Å²) in [6, 6.07) is 9.57. The fraction of sp³-hybridized carbons (Fsp3) is 0.158. The molecule has 29 heavy (non-hydrogen) atoms. The van der Waals surface area contributed by atoms with Gasteiger partial charge in [0.15, 0.2) is 5.13 Å². The van der Waals surface area contributed by atoms with Crippen LogP contribution in [0, 0.1) is 0 Å². The monoisotopic (exact) mass is 423 g/mol. The van der Waals surface area contributed by atoms with Gasteiger partial charge < -0.3 is 20.1 Å². The SMILES string of the molecule is COc1ccc(Nc2nc(C(=O)Nc3cccc(C(F)(F)F)c3)cs2)c(OC)c1. The molecule has 0 bridgehead atoms. The van der Waals surface area contributed by atoms with Gasteiger partial charge in [-0.1, -0.05) is 6.07 Å². The van der Waals surface area contributed by atoms with Crippen LogP contribution in [0.15, 0.2) is 47.8 Å². The van der Waals surface area contributed by atoms with Crippen molar-refractivity contribution in [2.24, 2.45) is 0 Å². The van der Waals surface area contributed by atoms with E-state index in [4.69, 9.17) is 9.47 Å². The molecule has 0 fully saturated rings. The lowest BCUT2D eigenvalue weighted by atomic mass is 10.2. The van der Waals surface area contributed by atoms with Gasteiger partial charge in [0, 0.05) is 17.1 Å². The number of methoxy groups -OCH3 is 2. The summed E-state index contributed by atoms with van der Waals surface area (Å²) in [5.41, 5.74) is -0.124. The zero-order chi connectivity index (χ0) is 21.0. The number of rotatable bonds is 6. The molecule has 0 unspecified atom stereocenters. The number of aromatic nitrogens is 1. The second kappa shape index (κ2) is 8.39. The number of ether oxygens (including phenoxy) is 2. The lowest BCUT2D eigenvalue weighted by molar-refractivity contribution is -0.137. The van der Waals surface area contributed by atoms with Gasteiger partial charge in [0.1, 0.15) is 17.2 Å². The predicted octanol–water partition coefficient (Wildman–Crippen LogP) is 5.18. The maximum absolute atomic E-state index is 12.8. The summed E-state index contributed by atoms with van der Waals surface area (Å²) in [4.78, 5) is 16.5. The van der Waals surface area contributed by atoms with Gasteiger partial charge >= 0.3 is 6.18 Å². The number of thiazole rings is 1. The van der Waals surface area contributed by atoms with Gasteiger partial charge in [0.2, 0.25) is 0 Å². The number of halogens is 3. The predicted molar refractivity (Wildman–Crippen MR) is 104 cm³/mol. The molecule has 0 spiro atoms. The molecule has 0 atom stereocenters. The third-order valence-corrected chi connectivity index (χ3v) is 4.59. The van der Waals surface area contributed by atoms with E-state index in [1.807, 2.05) is 0 Å². The average Bonchev–Trinajstić information content (AvgIpc) is 3.16. The molecule has 0 aliphatic carbocycles. The van der Waals surface area contributed by atoms with E-state index in [0.29, 0.717) is 22.3 Å². The fourth-order valence-electron chi connectivity index (χ4n) is 2.42. The maximum atomic E-state index is 12.8. The summed E-state index contributed by atoms with van der Waals surface area (Å²) >= 11 is 1.17. The number of carbonyl (C=O) groups is 1. The molecule has 0 saturated carbocycles. The van der Waals surface area contributed by atoms with Crippen LogP contribution in [-0.4, -0.2) is 25.1 Å². The summed E-state index contributed by atoms with van der Waals surface area (Å²) in [6.07, 6.45) is -4.49. The Morgan fingerprint density at radius 2 is 1.90 bits per heavy atom. The van der Waals surface area contributed by atoms with E-state index in [1.54, 1.807) is 18.2 Å². The molecule has 0 radical (unpaired) electrons. The van der Waals surface area contributed by atoms with Gasteiger partial charge in [0.25, 0.3) is 5.91 Å². The number of nitrogens with zero attached hydrogens (tertiary/aromatic N) is 1. The van der Waals surface area contributed by atoms with Gasteiger partial charge in [-0.2, -0.15) is 13.2 Å². The molecule has 1 aromatic heterocycles. The van der Waals surface area contributed by atoms with Crippen LogP contribution in [0.4, 0.5) is 29.7 Å². The smallest absolute Gasteiger partial charge is 0.416 e. The van der Waals surface area contributed by atoms with Crippen LogP contribution in [0.3, 0.4) is 0 Å². The maximum Gasteiger partial charge on any atom is 0.416 e. The number of hydrogen-bond donors (Lipinski definition) is 2. The highest BCUT2D eigenvalue weighted by Gasteiger charge is 2.30. The van der Waals surface area contributed by atoms with Crippen LogP contribution in [0.2, 0.25) is 0 Å². The van der Waals surface area contributed by atoms with Crippen LogP contribution in [0.25, 0.3) is 0 Å². The Morgan fingerprint density at radius 3 is 2.59 bits per heavy atom. The van der Waals surface area contributed by atoms with Gasteiger partial charge in [0.05, 0.1) is 25.5 Å². The van der Waals surface area contributed by atoms with Crippen LogP contribution in [0.1, 0.15) is 16.1 Å². The molecular weight excluding hydrogens is 407 g/mol. The van der Waals surface area contributed by atoms with E-state index in [-0.39, 0.29) is 11.4 Å². The molecule has 2 N–H and O–H groups in total. The van der Waals surface area contributed by atoms with E-state index in [2.05, 4.69) is 15.6 Å². The number of anilines is 3. The minimum atomic E-state index is -4.49. The van der Waals surface area contributed by atoms with Crippen molar-refractivity contribution < 1.29 is 27.4 Å². The molecule has 0 aliphatic heterocycles. The van der Waals surface area contributed by atoms with E-state index >= 15 is 0 Å². The minimum absolute atomic E-state index is 0.0316. The third kappa shape index (κ3) is 4.96. The topological polar surface area (TPSA) is 72.5 Å². The molecule has 10 heteroatoms. The summed E-state index contributed by atoms with van der Waals surface area (Å²) in [6.45, 7) is 0. The van der Waals surface area contributed by atoms with Gasteiger partial charge in [-0.25, -0.2) is 4.98 Å². The first kappa shape index (κ1) is 20.5. The number of hydrogen-bond acceptors (Lipinski definition) is 6. The normalized spacial score (nSPS) is 11.1. The van der Waals surface area contributed by atoms with Crippen molar-refractivity contribution in [1.82, 2.24) is 4.98 Å². The Morgan fingerprint density at radius 1 is 1.10 bits per heavy atom. The summed E-state index contributed by atoms with van der Waals surface area (Å²) < 4.78 is 48.8. The average molecular weight is 423 g/mol. The Balaban J connectivity index is 1.72. The van der Waals surface area contributed by atoms with Crippen molar-refractivity contribution in [3.63, 3.8) is 0 Å². The summed E-state index contributed by atoms with van der Waals surface area (Å²) in [5.74, 6) is 0.525. The zero-order valence-electron chi connectivity index (χ0n) is 15.3. The van der Waals surface area contributed by atoms with Crippen molar-refractivity contribution in [1.29, 1.82) is 0 Å². The third-order valence-electron chi connectivity index (χ3n) is 3.83. The Bertz CT molecular complexity index is 1020. The van der Waals surface area contributed by atoms with Crippen molar-refractivity contribution in [3.8, 4) is 11.5 Å². The number of carbonyl (C=O) groups excluding carboxylic acids is 1. The van der Waals surface area contributed by atoms with Crippen molar-refractivity contribution in [3.05, 3.63) is 59.1 Å². The molecule has 1 heterocycles. The number of nitrogens with one attached hydrogen (secondary N) is 2. The molecular formula is C19H16F3N3O3S.